The average Bonchev–Trinajstić information content (AvgIpc) is 2.27. The Labute approximate surface area is 125 Å². The molecule has 0 bridgehead atoms. The maximum absolute atomic E-state index is 10.5. The molecule has 104 valence electrons. The largest absolute Gasteiger partial charge is 0.491 e. The summed E-state index contributed by atoms with van der Waals surface area (Å²) in [6.07, 6.45) is 0.264. The number of halogens is 2. The molecule has 0 spiro atoms. The zero-order valence-electron chi connectivity index (χ0n) is 10.3. The molecule has 1 saturated heterocycles. The van der Waals surface area contributed by atoms with Crippen LogP contribution in [0.2, 0.25) is 5.02 Å². The van der Waals surface area contributed by atoms with Gasteiger partial charge in [-0.3, -0.25) is 9.69 Å². The van der Waals surface area contributed by atoms with E-state index >= 15 is 0 Å². The summed E-state index contributed by atoms with van der Waals surface area (Å²) in [5.41, 5.74) is 0. The van der Waals surface area contributed by atoms with E-state index in [0.717, 1.165) is 29.9 Å². The van der Waals surface area contributed by atoms with Crippen LogP contribution in [0.5, 0.6) is 5.75 Å². The molecule has 1 aliphatic rings. The van der Waals surface area contributed by atoms with E-state index in [-0.39, 0.29) is 6.42 Å². The van der Waals surface area contributed by atoms with E-state index in [4.69, 9.17) is 21.4 Å². The number of carbonyl (C=O) groups is 1. The minimum Gasteiger partial charge on any atom is -0.491 e. The van der Waals surface area contributed by atoms with Crippen LogP contribution < -0.4 is 4.74 Å². The number of likely N-dealkylation sites (tertiary alicyclic amines) is 1. The number of ether oxygens (including phenoxy) is 1. The van der Waals surface area contributed by atoms with Crippen molar-refractivity contribution >= 4 is 33.5 Å². The van der Waals surface area contributed by atoms with Crippen molar-refractivity contribution in [2.24, 2.45) is 5.92 Å². The van der Waals surface area contributed by atoms with Gasteiger partial charge in [-0.2, -0.15) is 0 Å². The van der Waals surface area contributed by atoms with Gasteiger partial charge in [-0.15, -0.1) is 0 Å². The van der Waals surface area contributed by atoms with Crippen molar-refractivity contribution in [1.29, 1.82) is 0 Å². The lowest BCUT2D eigenvalue weighted by Crippen LogP contribution is -2.48. The van der Waals surface area contributed by atoms with E-state index in [1.54, 1.807) is 12.1 Å². The summed E-state index contributed by atoms with van der Waals surface area (Å²) in [6.45, 7) is 3.08. The van der Waals surface area contributed by atoms with E-state index < -0.39 is 5.97 Å². The summed E-state index contributed by atoms with van der Waals surface area (Å²) in [6, 6.07) is 5.41. The highest BCUT2D eigenvalue weighted by molar-refractivity contribution is 9.10. The Balaban J connectivity index is 1.67. The molecule has 19 heavy (non-hydrogen) atoms. The lowest BCUT2D eigenvalue weighted by atomic mass is 9.97. The number of rotatable bonds is 6. The number of hydrogen-bond donors (Lipinski definition) is 1. The first-order chi connectivity index (χ1) is 9.04. The molecule has 0 aromatic heterocycles. The molecule has 6 heteroatoms. The van der Waals surface area contributed by atoms with Crippen LogP contribution in [0.25, 0.3) is 0 Å². The SMILES string of the molecule is O=C(O)CC1CN(CCOc2ccc(Cl)cc2Br)C1. The van der Waals surface area contributed by atoms with Gasteiger partial charge in [-0.25, -0.2) is 0 Å². The number of hydrogen-bond acceptors (Lipinski definition) is 3. The van der Waals surface area contributed by atoms with Gasteiger partial charge in [0.15, 0.2) is 0 Å². The second-order valence-corrected chi connectivity index (χ2v) is 5.94. The van der Waals surface area contributed by atoms with Crippen LogP contribution in [0.15, 0.2) is 22.7 Å². The van der Waals surface area contributed by atoms with Crippen molar-refractivity contribution in [1.82, 2.24) is 4.90 Å². The van der Waals surface area contributed by atoms with Crippen molar-refractivity contribution in [2.45, 2.75) is 6.42 Å². The zero-order chi connectivity index (χ0) is 13.8. The molecule has 1 N–H and O–H groups in total. The summed E-state index contributed by atoms with van der Waals surface area (Å²) < 4.78 is 6.49. The van der Waals surface area contributed by atoms with Crippen molar-refractivity contribution < 1.29 is 14.6 Å². The Morgan fingerprint density at radius 3 is 2.89 bits per heavy atom. The Morgan fingerprint density at radius 1 is 1.53 bits per heavy atom. The zero-order valence-corrected chi connectivity index (χ0v) is 12.7. The third kappa shape index (κ3) is 4.37. The topological polar surface area (TPSA) is 49.8 Å². The van der Waals surface area contributed by atoms with E-state index in [1.165, 1.54) is 0 Å². The quantitative estimate of drug-likeness (QED) is 0.859. The fourth-order valence-electron chi connectivity index (χ4n) is 2.11. The fourth-order valence-corrected chi connectivity index (χ4v) is 2.91. The van der Waals surface area contributed by atoms with Gasteiger partial charge in [0.25, 0.3) is 0 Å². The van der Waals surface area contributed by atoms with Crippen LogP contribution in [-0.2, 0) is 4.79 Å². The Kier molecular flexibility index (Phi) is 5.07. The molecule has 0 saturated carbocycles. The van der Waals surface area contributed by atoms with E-state index in [9.17, 15) is 4.79 Å². The van der Waals surface area contributed by atoms with Crippen molar-refractivity contribution in [2.75, 3.05) is 26.2 Å². The number of carboxylic acids is 1. The summed E-state index contributed by atoms with van der Waals surface area (Å²) in [5, 5.41) is 9.32. The molecule has 4 nitrogen and oxygen atoms in total. The maximum Gasteiger partial charge on any atom is 0.303 e. The van der Waals surface area contributed by atoms with Gasteiger partial charge in [0.1, 0.15) is 12.4 Å². The number of aliphatic carboxylic acids is 1. The van der Waals surface area contributed by atoms with Crippen molar-refractivity contribution in [3.05, 3.63) is 27.7 Å². The molecule has 0 atom stereocenters. The first kappa shape index (κ1) is 14.6. The Morgan fingerprint density at radius 2 is 2.26 bits per heavy atom. The third-order valence-corrected chi connectivity index (χ3v) is 3.91. The average molecular weight is 349 g/mol. The lowest BCUT2D eigenvalue weighted by Gasteiger charge is -2.38. The fraction of sp³-hybridized carbons (Fsp3) is 0.462. The van der Waals surface area contributed by atoms with E-state index in [1.807, 2.05) is 6.07 Å². The summed E-state index contributed by atoms with van der Waals surface area (Å²) in [7, 11) is 0. The van der Waals surface area contributed by atoms with Gasteiger partial charge >= 0.3 is 5.97 Å². The Bertz CT molecular complexity index is 463. The molecule has 1 fully saturated rings. The molecule has 0 amide bonds. The number of benzene rings is 1. The summed E-state index contributed by atoms with van der Waals surface area (Å²) in [4.78, 5) is 12.7. The molecule has 0 radical (unpaired) electrons. The molecule has 0 aliphatic carbocycles. The van der Waals surface area contributed by atoms with Crippen molar-refractivity contribution in [3.8, 4) is 5.75 Å². The number of nitrogens with zero attached hydrogens (tertiary/aromatic N) is 1. The monoisotopic (exact) mass is 347 g/mol. The van der Waals surface area contributed by atoms with Gasteiger partial charge in [-0.1, -0.05) is 11.6 Å². The van der Waals surface area contributed by atoms with Crippen LogP contribution in [0.4, 0.5) is 0 Å². The first-order valence-electron chi connectivity index (χ1n) is 6.06. The summed E-state index contributed by atoms with van der Waals surface area (Å²) >= 11 is 9.24. The molecule has 1 aliphatic heterocycles. The highest BCUT2D eigenvalue weighted by Crippen LogP contribution is 2.28. The molecule has 1 heterocycles. The van der Waals surface area contributed by atoms with Gasteiger partial charge in [0.2, 0.25) is 0 Å². The van der Waals surface area contributed by atoms with Crippen LogP contribution >= 0.6 is 27.5 Å². The predicted molar refractivity (Wildman–Crippen MR) is 76.8 cm³/mol. The second-order valence-electron chi connectivity index (χ2n) is 4.65. The molecule has 0 unspecified atom stereocenters. The predicted octanol–water partition coefficient (Wildman–Crippen LogP) is 2.89. The van der Waals surface area contributed by atoms with E-state index in [0.29, 0.717) is 17.5 Å². The van der Waals surface area contributed by atoms with Crippen LogP contribution in [0.1, 0.15) is 6.42 Å². The summed E-state index contributed by atoms with van der Waals surface area (Å²) in [5.74, 6) is 0.345. The standard InChI is InChI=1S/C13H15BrClNO3/c14-11-6-10(15)1-2-12(11)19-4-3-16-7-9(8-16)5-13(17)18/h1-2,6,9H,3-5,7-8H2,(H,17,18). The smallest absolute Gasteiger partial charge is 0.303 e. The minimum atomic E-state index is -0.717. The second kappa shape index (κ2) is 6.59. The van der Waals surface area contributed by atoms with Crippen molar-refractivity contribution in [3.63, 3.8) is 0 Å². The lowest BCUT2D eigenvalue weighted by molar-refractivity contribution is -0.139. The Hall–Kier alpha value is -0.780. The molecule has 2 rings (SSSR count). The highest BCUT2D eigenvalue weighted by atomic mass is 79.9. The molecule has 1 aromatic carbocycles. The van der Waals surface area contributed by atoms with Gasteiger partial charge in [0.05, 0.1) is 10.9 Å². The van der Waals surface area contributed by atoms with Crippen LogP contribution in [0, 0.1) is 5.92 Å². The van der Waals surface area contributed by atoms with Crippen LogP contribution in [-0.4, -0.2) is 42.2 Å². The van der Waals surface area contributed by atoms with Gasteiger partial charge < -0.3 is 9.84 Å². The molecular formula is C13H15BrClNO3. The van der Waals surface area contributed by atoms with Gasteiger partial charge in [0, 0.05) is 24.7 Å². The maximum atomic E-state index is 10.5. The normalized spacial score (nSPS) is 16.1. The van der Waals surface area contributed by atoms with Gasteiger partial charge in [-0.05, 0) is 40.0 Å². The van der Waals surface area contributed by atoms with E-state index in [2.05, 4.69) is 20.8 Å². The first-order valence-corrected chi connectivity index (χ1v) is 7.23. The van der Waals surface area contributed by atoms with Crippen LogP contribution in [0.3, 0.4) is 0 Å². The minimum absolute atomic E-state index is 0.264. The highest BCUT2D eigenvalue weighted by Gasteiger charge is 2.27. The molecular weight excluding hydrogens is 334 g/mol. The molecule has 1 aromatic rings. The third-order valence-electron chi connectivity index (χ3n) is 3.06. The number of carboxylic acid groups (broad SMARTS) is 1.